The molecule has 0 radical (unpaired) electrons. The van der Waals surface area contributed by atoms with Gasteiger partial charge >= 0.3 is 0 Å². The molecule has 2 aromatic rings. The van der Waals surface area contributed by atoms with E-state index in [-0.39, 0.29) is 18.9 Å². The van der Waals surface area contributed by atoms with Crippen molar-refractivity contribution in [3.05, 3.63) is 46.5 Å². The third kappa shape index (κ3) is 2.69. The van der Waals surface area contributed by atoms with Gasteiger partial charge in [0.05, 0.1) is 32.9 Å². The maximum atomic E-state index is 6.40. The monoisotopic (exact) mass is 425 g/mol. The summed E-state index contributed by atoms with van der Waals surface area (Å²) in [6, 6.07) is 3.86. The van der Waals surface area contributed by atoms with Crippen molar-refractivity contribution in [2.24, 2.45) is 0 Å². The van der Waals surface area contributed by atoms with Crippen LogP contribution >= 0.6 is 0 Å². The quantitative estimate of drug-likeness (QED) is 0.733. The number of benzene rings is 2. The number of methoxy groups -OCH3 is 3. The molecule has 0 spiro atoms. The van der Waals surface area contributed by atoms with Gasteiger partial charge in [-0.2, -0.15) is 0 Å². The Labute approximate surface area is 182 Å². The lowest BCUT2D eigenvalue weighted by atomic mass is 9.83. The van der Waals surface area contributed by atoms with Crippen LogP contribution in [0.2, 0.25) is 0 Å². The second-order valence-corrected chi connectivity index (χ2v) is 8.02. The van der Waals surface area contributed by atoms with Gasteiger partial charge in [0.2, 0.25) is 12.5 Å². The Morgan fingerprint density at radius 1 is 1.03 bits per heavy atom. The second-order valence-electron chi connectivity index (χ2n) is 8.02. The van der Waals surface area contributed by atoms with Crippen LogP contribution in [-0.4, -0.2) is 46.6 Å². The molecule has 3 heterocycles. The standard InChI is InChI=1S/C24H27NO6/c1-12-14-9-10-25(3)19(18(14)23(28-6)24-20(12)29-11-30-24)21-15-7-8-16(26-4)22(27-5)17(15)13(2)31-21/h7-8,19,21H,2,9-11H2,1,3-6H3. The minimum Gasteiger partial charge on any atom is -0.493 e. The van der Waals surface area contributed by atoms with Crippen LogP contribution in [0.15, 0.2) is 18.7 Å². The fourth-order valence-corrected chi connectivity index (χ4v) is 5.17. The van der Waals surface area contributed by atoms with E-state index in [0.29, 0.717) is 28.8 Å². The highest BCUT2D eigenvalue weighted by molar-refractivity contribution is 5.75. The molecule has 2 unspecified atom stereocenters. The lowest BCUT2D eigenvalue weighted by Crippen LogP contribution is -2.36. The molecule has 3 aliphatic rings. The van der Waals surface area contributed by atoms with E-state index in [1.165, 1.54) is 5.56 Å². The zero-order valence-electron chi connectivity index (χ0n) is 18.5. The van der Waals surface area contributed by atoms with Crippen LogP contribution in [0.25, 0.3) is 5.76 Å². The van der Waals surface area contributed by atoms with Gasteiger partial charge in [-0.3, -0.25) is 4.90 Å². The van der Waals surface area contributed by atoms with Gasteiger partial charge in [-0.1, -0.05) is 12.6 Å². The van der Waals surface area contributed by atoms with Crippen molar-refractivity contribution in [3.63, 3.8) is 0 Å². The first-order chi connectivity index (χ1) is 15.0. The lowest BCUT2D eigenvalue weighted by molar-refractivity contribution is 0.0638. The molecule has 0 bridgehead atoms. The van der Waals surface area contributed by atoms with Crippen molar-refractivity contribution in [2.45, 2.75) is 25.5 Å². The molecule has 2 atom stereocenters. The summed E-state index contributed by atoms with van der Waals surface area (Å²) in [5.41, 5.74) is 5.28. The number of likely N-dealkylation sites (N-methyl/N-ethyl adjacent to an activating group) is 1. The first-order valence-corrected chi connectivity index (χ1v) is 10.3. The Kier molecular flexibility index (Phi) is 4.66. The third-order valence-corrected chi connectivity index (χ3v) is 6.59. The molecule has 7 nitrogen and oxygen atoms in total. The summed E-state index contributed by atoms with van der Waals surface area (Å²) >= 11 is 0. The molecule has 0 saturated carbocycles. The highest BCUT2D eigenvalue weighted by Gasteiger charge is 2.45. The summed E-state index contributed by atoms with van der Waals surface area (Å²) in [5.74, 6) is 4.03. The molecule has 0 N–H and O–H groups in total. The van der Waals surface area contributed by atoms with E-state index in [1.807, 2.05) is 12.1 Å². The molecular weight excluding hydrogens is 398 g/mol. The van der Waals surface area contributed by atoms with Crippen LogP contribution in [0, 0.1) is 6.92 Å². The van der Waals surface area contributed by atoms with Crippen molar-refractivity contribution in [3.8, 4) is 28.7 Å². The van der Waals surface area contributed by atoms with Crippen LogP contribution in [-0.2, 0) is 11.2 Å². The highest BCUT2D eigenvalue weighted by Crippen LogP contribution is 2.58. The smallest absolute Gasteiger partial charge is 0.231 e. The van der Waals surface area contributed by atoms with Gasteiger partial charge in [0.25, 0.3) is 0 Å². The summed E-state index contributed by atoms with van der Waals surface area (Å²) in [6.45, 7) is 7.35. The molecule has 0 aromatic heterocycles. The predicted octanol–water partition coefficient (Wildman–Crippen LogP) is 4.02. The van der Waals surface area contributed by atoms with Crippen molar-refractivity contribution < 1.29 is 28.4 Å². The molecule has 0 amide bonds. The number of hydrogen-bond donors (Lipinski definition) is 0. The topological polar surface area (TPSA) is 58.6 Å². The van der Waals surface area contributed by atoms with Gasteiger partial charge in [-0.05, 0) is 37.6 Å². The Morgan fingerprint density at radius 3 is 2.48 bits per heavy atom. The van der Waals surface area contributed by atoms with Gasteiger partial charge in [-0.15, -0.1) is 0 Å². The van der Waals surface area contributed by atoms with Gasteiger partial charge < -0.3 is 28.4 Å². The number of ether oxygens (including phenoxy) is 6. The summed E-state index contributed by atoms with van der Waals surface area (Å²) in [6.07, 6.45) is 0.619. The van der Waals surface area contributed by atoms with Crippen LogP contribution in [0.3, 0.4) is 0 Å². The second kappa shape index (κ2) is 7.27. The molecular formula is C24H27NO6. The van der Waals surface area contributed by atoms with Crippen LogP contribution < -0.4 is 23.7 Å². The minimum atomic E-state index is -0.278. The van der Waals surface area contributed by atoms with E-state index in [0.717, 1.165) is 41.0 Å². The molecule has 0 fully saturated rings. The van der Waals surface area contributed by atoms with E-state index < -0.39 is 0 Å². The zero-order valence-corrected chi connectivity index (χ0v) is 18.5. The van der Waals surface area contributed by atoms with Crippen molar-refractivity contribution in [2.75, 3.05) is 41.7 Å². The summed E-state index contributed by atoms with van der Waals surface area (Å²) in [5, 5.41) is 0. The first-order valence-electron chi connectivity index (χ1n) is 10.3. The van der Waals surface area contributed by atoms with E-state index in [1.54, 1.807) is 21.3 Å². The lowest BCUT2D eigenvalue weighted by Gasteiger charge is -2.39. The molecule has 0 saturated heterocycles. The molecule has 0 aliphatic carbocycles. The highest BCUT2D eigenvalue weighted by atomic mass is 16.7. The Hall–Kier alpha value is -3.06. The van der Waals surface area contributed by atoms with Crippen LogP contribution in [0.1, 0.15) is 40.0 Å². The summed E-state index contributed by atoms with van der Waals surface area (Å²) in [7, 11) is 7.04. The largest absolute Gasteiger partial charge is 0.493 e. The molecule has 31 heavy (non-hydrogen) atoms. The van der Waals surface area contributed by atoms with E-state index in [2.05, 4.69) is 25.5 Å². The fraction of sp³-hybridized carbons (Fsp3) is 0.417. The van der Waals surface area contributed by atoms with E-state index in [4.69, 9.17) is 28.4 Å². The van der Waals surface area contributed by atoms with Crippen molar-refractivity contribution in [1.82, 2.24) is 4.90 Å². The number of hydrogen-bond acceptors (Lipinski definition) is 7. The Balaban J connectivity index is 1.72. The Bertz CT molecular complexity index is 1080. The predicted molar refractivity (Wildman–Crippen MR) is 115 cm³/mol. The maximum absolute atomic E-state index is 6.40. The third-order valence-electron chi connectivity index (χ3n) is 6.59. The molecule has 3 aliphatic heterocycles. The zero-order chi connectivity index (χ0) is 21.9. The summed E-state index contributed by atoms with van der Waals surface area (Å²) in [4.78, 5) is 2.30. The molecule has 164 valence electrons. The molecule has 7 heteroatoms. The van der Waals surface area contributed by atoms with Crippen molar-refractivity contribution in [1.29, 1.82) is 0 Å². The van der Waals surface area contributed by atoms with Gasteiger partial charge in [0, 0.05) is 17.7 Å². The fourth-order valence-electron chi connectivity index (χ4n) is 5.17. The molecule has 5 rings (SSSR count). The van der Waals surface area contributed by atoms with Gasteiger partial charge in [0.1, 0.15) is 11.9 Å². The number of rotatable bonds is 4. The number of fused-ring (bicyclic) bond motifs is 3. The normalized spacial score (nSPS) is 21.4. The van der Waals surface area contributed by atoms with E-state index in [9.17, 15) is 0 Å². The van der Waals surface area contributed by atoms with Gasteiger partial charge in [-0.25, -0.2) is 0 Å². The average Bonchev–Trinajstić information content (AvgIpc) is 3.39. The number of nitrogens with zero attached hydrogens (tertiary/aromatic N) is 1. The average molecular weight is 425 g/mol. The Morgan fingerprint density at radius 2 is 1.77 bits per heavy atom. The van der Waals surface area contributed by atoms with Crippen molar-refractivity contribution >= 4 is 5.76 Å². The SMILES string of the molecule is C=C1OC(C2c3c(c(C)c4c(c3OC)OCO4)CCN2C)c2ccc(OC)c(OC)c21. The molecule has 2 aromatic carbocycles. The van der Waals surface area contributed by atoms with E-state index >= 15 is 0 Å². The minimum absolute atomic E-state index is 0.0944. The first kappa shape index (κ1) is 19.9. The van der Waals surface area contributed by atoms with Crippen LogP contribution in [0.5, 0.6) is 28.7 Å². The maximum Gasteiger partial charge on any atom is 0.231 e. The van der Waals surface area contributed by atoms with Gasteiger partial charge in [0.15, 0.2) is 23.0 Å². The summed E-state index contributed by atoms with van der Waals surface area (Å²) < 4.78 is 35.0. The van der Waals surface area contributed by atoms with Crippen LogP contribution in [0.4, 0.5) is 0 Å².